The van der Waals surface area contributed by atoms with Crippen LogP contribution in [0.3, 0.4) is 0 Å². The summed E-state index contributed by atoms with van der Waals surface area (Å²) >= 11 is 0. The van der Waals surface area contributed by atoms with Gasteiger partial charge in [0.05, 0.1) is 0 Å². The van der Waals surface area contributed by atoms with Gasteiger partial charge in [0, 0.05) is 24.5 Å². The molecular formula is C18H24N2. The molecule has 1 atom stereocenters. The molecule has 0 heterocycles. The molecule has 0 saturated heterocycles. The lowest BCUT2D eigenvalue weighted by Gasteiger charge is -2.26. The molecule has 0 aromatic heterocycles. The molecule has 20 heavy (non-hydrogen) atoms. The number of hydrogen-bond donors (Lipinski definition) is 1. The Morgan fingerprint density at radius 2 is 1.60 bits per heavy atom. The molecule has 1 N–H and O–H groups in total. The van der Waals surface area contributed by atoms with Gasteiger partial charge in [0.2, 0.25) is 0 Å². The highest BCUT2D eigenvalue weighted by Gasteiger charge is 2.14. The Balaban J connectivity index is 2.40. The van der Waals surface area contributed by atoms with Crippen LogP contribution in [-0.2, 0) is 0 Å². The fraction of sp³-hybridized carbons (Fsp3) is 0.333. The van der Waals surface area contributed by atoms with E-state index in [1.165, 1.54) is 22.5 Å². The Hall–Kier alpha value is -1.80. The van der Waals surface area contributed by atoms with E-state index < -0.39 is 0 Å². The Morgan fingerprint density at radius 3 is 2.25 bits per heavy atom. The van der Waals surface area contributed by atoms with E-state index in [2.05, 4.69) is 86.6 Å². The number of hydrogen-bond acceptors (Lipinski definition) is 2. The van der Waals surface area contributed by atoms with Crippen LogP contribution in [0.5, 0.6) is 0 Å². The van der Waals surface area contributed by atoms with Gasteiger partial charge in [-0.05, 0) is 43.7 Å². The highest BCUT2D eigenvalue weighted by atomic mass is 15.1. The standard InChI is InChI=1S/C18H24N2/c1-5-19-15(3)16-11-7-9-13-18(16)20(4)17-12-8-6-10-14(17)2/h6-13,15,19H,5H2,1-4H3. The first-order chi connectivity index (χ1) is 9.65. The lowest BCUT2D eigenvalue weighted by molar-refractivity contribution is 0.598. The second-order valence-electron chi connectivity index (χ2n) is 5.18. The second-order valence-corrected chi connectivity index (χ2v) is 5.18. The van der Waals surface area contributed by atoms with Gasteiger partial charge < -0.3 is 10.2 Å². The lowest BCUT2D eigenvalue weighted by Crippen LogP contribution is -2.21. The number of nitrogens with zero attached hydrogens (tertiary/aromatic N) is 1. The number of rotatable bonds is 5. The fourth-order valence-electron chi connectivity index (χ4n) is 2.64. The van der Waals surface area contributed by atoms with Gasteiger partial charge in [-0.1, -0.05) is 43.3 Å². The number of benzene rings is 2. The van der Waals surface area contributed by atoms with Crippen LogP contribution in [0.15, 0.2) is 48.5 Å². The molecule has 2 rings (SSSR count). The van der Waals surface area contributed by atoms with Crippen molar-refractivity contribution in [2.75, 3.05) is 18.5 Å². The van der Waals surface area contributed by atoms with Crippen molar-refractivity contribution in [2.45, 2.75) is 26.8 Å². The molecule has 2 aromatic rings. The number of aryl methyl sites for hydroxylation is 1. The fourth-order valence-corrected chi connectivity index (χ4v) is 2.64. The van der Waals surface area contributed by atoms with Crippen LogP contribution in [0.25, 0.3) is 0 Å². The van der Waals surface area contributed by atoms with Crippen LogP contribution in [0, 0.1) is 6.92 Å². The van der Waals surface area contributed by atoms with Gasteiger partial charge in [0.15, 0.2) is 0 Å². The van der Waals surface area contributed by atoms with E-state index in [-0.39, 0.29) is 0 Å². The molecule has 106 valence electrons. The maximum atomic E-state index is 3.50. The summed E-state index contributed by atoms with van der Waals surface area (Å²) in [6.07, 6.45) is 0. The quantitative estimate of drug-likeness (QED) is 0.862. The van der Waals surface area contributed by atoms with Gasteiger partial charge in [-0.25, -0.2) is 0 Å². The monoisotopic (exact) mass is 268 g/mol. The predicted octanol–water partition coefficient (Wildman–Crippen LogP) is 4.43. The summed E-state index contributed by atoms with van der Waals surface area (Å²) in [5.41, 5.74) is 5.14. The normalized spacial score (nSPS) is 12.2. The SMILES string of the molecule is CCNC(C)c1ccccc1N(C)c1ccccc1C. The third-order valence-electron chi connectivity index (χ3n) is 3.75. The molecule has 0 saturated carbocycles. The number of anilines is 2. The molecule has 2 nitrogen and oxygen atoms in total. The third kappa shape index (κ3) is 3.02. The Morgan fingerprint density at radius 1 is 1.00 bits per heavy atom. The summed E-state index contributed by atoms with van der Waals surface area (Å²) in [4.78, 5) is 2.28. The minimum absolute atomic E-state index is 0.350. The van der Waals surface area contributed by atoms with E-state index >= 15 is 0 Å². The van der Waals surface area contributed by atoms with Crippen molar-refractivity contribution < 1.29 is 0 Å². The van der Waals surface area contributed by atoms with Crippen molar-refractivity contribution in [1.29, 1.82) is 0 Å². The molecule has 0 amide bonds. The summed E-state index contributed by atoms with van der Waals surface area (Å²) in [6.45, 7) is 7.49. The minimum Gasteiger partial charge on any atom is -0.344 e. The first-order valence-electron chi connectivity index (χ1n) is 7.26. The van der Waals surface area contributed by atoms with Gasteiger partial charge in [-0.2, -0.15) is 0 Å². The summed E-state index contributed by atoms with van der Waals surface area (Å²) in [5, 5.41) is 3.50. The van der Waals surface area contributed by atoms with Crippen LogP contribution < -0.4 is 10.2 Å². The molecule has 0 aliphatic heterocycles. The highest BCUT2D eigenvalue weighted by molar-refractivity contribution is 5.68. The van der Waals surface area contributed by atoms with E-state index in [1.54, 1.807) is 0 Å². The van der Waals surface area contributed by atoms with Crippen molar-refractivity contribution in [3.63, 3.8) is 0 Å². The molecule has 1 unspecified atom stereocenters. The maximum Gasteiger partial charge on any atom is 0.0456 e. The Bertz CT molecular complexity index is 563. The lowest BCUT2D eigenvalue weighted by atomic mass is 10.0. The van der Waals surface area contributed by atoms with E-state index in [9.17, 15) is 0 Å². The van der Waals surface area contributed by atoms with Gasteiger partial charge in [0.25, 0.3) is 0 Å². The van der Waals surface area contributed by atoms with E-state index in [0.717, 1.165) is 6.54 Å². The maximum absolute atomic E-state index is 3.50. The number of para-hydroxylation sites is 2. The molecule has 0 fully saturated rings. The molecule has 0 spiro atoms. The largest absolute Gasteiger partial charge is 0.344 e. The summed E-state index contributed by atoms with van der Waals surface area (Å²) in [5.74, 6) is 0. The van der Waals surface area contributed by atoms with Gasteiger partial charge >= 0.3 is 0 Å². The van der Waals surface area contributed by atoms with E-state index in [0.29, 0.717) is 6.04 Å². The van der Waals surface area contributed by atoms with Crippen molar-refractivity contribution in [1.82, 2.24) is 5.32 Å². The molecule has 2 heteroatoms. The minimum atomic E-state index is 0.350. The zero-order valence-corrected chi connectivity index (χ0v) is 12.9. The zero-order chi connectivity index (χ0) is 14.5. The van der Waals surface area contributed by atoms with Crippen LogP contribution in [0.4, 0.5) is 11.4 Å². The van der Waals surface area contributed by atoms with Gasteiger partial charge in [0.1, 0.15) is 0 Å². The Labute approximate surface area is 122 Å². The Kier molecular flexibility index (Phi) is 4.80. The number of nitrogens with one attached hydrogen (secondary N) is 1. The molecule has 2 aromatic carbocycles. The molecule has 0 aliphatic carbocycles. The zero-order valence-electron chi connectivity index (χ0n) is 12.9. The molecule has 0 radical (unpaired) electrons. The van der Waals surface area contributed by atoms with Gasteiger partial charge in [-0.3, -0.25) is 0 Å². The first kappa shape index (κ1) is 14.6. The van der Waals surface area contributed by atoms with E-state index in [4.69, 9.17) is 0 Å². The van der Waals surface area contributed by atoms with Crippen molar-refractivity contribution in [3.05, 3.63) is 59.7 Å². The highest BCUT2D eigenvalue weighted by Crippen LogP contribution is 2.32. The summed E-state index contributed by atoms with van der Waals surface area (Å²) < 4.78 is 0. The van der Waals surface area contributed by atoms with Crippen molar-refractivity contribution in [3.8, 4) is 0 Å². The van der Waals surface area contributed by atoms with Crippen LogP contribution in [0.1, 0.15) is 31.0 Å². The topological polar surface area (TPSA) is 15.3 Å². The second kappa shape index (κ2) is 6.58. The van der Waals surface area contributed by atoms with Crippen LogP contribution in [-0.4, -0.2) is 13.6 Å². The van der Waals surface area contributed by atoms with Gasteiger partial charge in [-0.15, -0.1) is 0 Å². The average Bonchev–Trinajstić information content (AvgIpc) is 2.47. The smallest absolute Gasteiger partial charge is 0.0456 e. The summed E-state index contributed by atoms with van der Waals surface area (Å²) in [7, 11) is 2.14. The van der Waals surface area contributed by atoms with Crippen LogP contribution in [0.2, 0.25) is 0 Å². The van der Waals surface area contributed by atoms with Crippen molar-refractivity contribution in [2.24, 2.45) is 0 Å². The first-order valence-corrected chi connectivity index (χ1v) is 7.26. The third-order valence-corrected chi connectivity index (χ3v) is 3.75. The van der Waals surface area contributed by atoms with E-state index in [1.807, 2.05) is 0 Å². The predicted molar refractivity (Wildman–Crippen MR) is 87.8 cm³/mol. The molecule has 0 aliphatic rings. The van der Waals surface area contributed by atoms with Crippen molar-refractivity contribution >= 4 is 11.4 Å². The average molecular weight is 268 g/mol. The molecular weight excluding hydrogens is 244 g/mol. The summed E-state index contributed by atoms with van der Waals surface area (Å²) in [6, 6.07) is 17.5. The van der Waals surface area contributed by atoms with Crippen LogP contribution >= 0.6 is 0 Å². The molecule has 0 bridgehead atoms.